The topological polar surface area (TPSA) is 67.9 Å². The van der Waals surface area contributed by atoms with Crippen molar-refractivity contribution in [2.45, 2.75) is 45.1 Å². The van der Waals surface area contributed by atoms with E-state index in [9.17, 15) is 14.0 Å². The summed E-state index contributed by atoms with van der Waals surface area (Å²) >= 11 is 0. The Labute approximate surface area is 152 Å². The number of hydrogen-bond donors (Lipinski definition) is 1. The Morgan fingerprint density at radius 1 is 1.23 bits per heavy atom. The van der Waals surface area contributed by atoms with Gasteiger partial charge in [-0.15, -0.1) is 0 Å². The van der Waals surface area contributed by atoms with E-state index in [-0.39, 0.29) is 31.0 Å². The molecule has 1 aromatic carbocycles. The van der Waals surface area contributed by atoms with Gasteiger partial charge in [-0.1, -0.05) is 12.8 Å². The van der Waals surface area contributed by atoms with Gasteiger partial charge in [-0.05, 0) is 37.0 Å². The lowest BCUT2D eigenvalue weighted by molar-refractivity contribution is -0.136. The number of nitrogens with zero attached hydrogens (tertiary/aromatic N) is 1. The molecule has 1 N–H and O–H groups in total. The molecule has 6 nitrogen and oxygen atoms in total. The first-order valence-corrected chi connectivity index (χ1v) is 9.20. The zero-order valence-corrected chi connectivity index (χ0v) is 14.9. The first kappa shape index (κ1) is 18.6. The second kappa shape index (κ2) is 8.98. The van der Waals surface area contributed by atoms with E-state index < -0.39 is 0 Å². The molecule has 2 aliphatic rings. The standard InChI is InChI=1S/C19H25FN2O4/c20-16-9-14(19-15(10-16)12-25-13-26-19)6-7-21-17(23)11-22-8-4-2-1-3-5-18(22)24/h9-10H,1-8,11-13H2,(H,21,23). The van der Waals surface area contributed by atoms with Crippen LogP contribution in [-0.4, -0.2) is 43.1 Å². The van der Waals surface area contributed by atoms with E-state index in [2.05, 4.69) is 5.32 Å². The van der Waals surface area contributed by atoms with Crippen molar-refractivity contribution in [3.63, 3.8) is 0 Å². The molecular weight excluding hydrogens is 339 g/mol. The number of amides is 2. The molecule has 1 saturated heterocycles. The lowest BCUT2D eigenvalue weighted by Gasteiger charge is -2.24. The monoisotopic (exact) mass is 364 g/mol. The molecule has 26 heavy (non-hydrogen) atoms. The van der Waals surface area contributed by atoms with Crippen LogP contribution in [0.5, 0.6) is 5.75 Å². The molecule has 0 bridgehead atoms. The number of benzene rings is 1. The Balaban J connectivity index is 1.51. The van der Waals surface area contributed by atoms with Gasteiger partial charge in [0.15, 0.2) is 6.79 Å². The largest absolute Gasteiger partial charge is 0.467 e. The van der Waals surface area contributed by atoms with Gasteiger partial charge in [-0.3, -0.25) is 9.59 Å². The van der Waals surface area contributed by atoms with E-state index >= 15 is 0 Å². The van der Waals surface area contributed by atoms with Gasteiger partial charge in [0.25, 0.3) is 0 Å². The van der Waals surface area contributed by atoms with Crippen molar-refractivity contribution < 1.29 is 23.5 Å². The Morgan fingerprint density at radius 2 is 2.08 bits per heavy atom. The molecule has 2 amide bonds. The molecule has 0 radical (unpaired) electrons. The molecule has 0 atom stereocenters. The van der Waals surface area contributed by atoms with Gasteiger partial charge in [0.2, 0.25) is 11.8 Å². The number of rotatable bonds is 5. The maximum atomic E-state index is 13.7. The van der Waals surface area contributed by atoms with Crippen molar-refractivity contribution in [2.24, 2.45) is 0 Å². The Bertz CT molecular complexity index is 665. The van der Waals surface area contributed by atoms with E-state index in [0.29, 0.717) is 49.4 Å². The van der Waals surface area contributed by atoms with E-state index in [4.69, 9.17) is 9.47 Å². The van der Waals surface area contributed by atoms with Crippen LogP contribution in [0, 0.1) is 5.82 Å². The smallest absolute Gasteiger partial charge is 0.239 e. The zero-order chi connectivity index (χ0) is 18.4. The summed E-state index contributed by atoms with van der Waals surface area (Å²) in [5.74, 6) is 0.164. The highest BCUT2D eigenvalue weighted by Crippen LogP contribution is 2.29. The minimum Gasteiger partial charge on any atom is -0.467 e. The van der Waals surface area contributed by atoms with Crippen LogP contribution in [0.15, 0.2) is 12.1 Å². The van der Waals surface area contributed by atoms with Gasteiger partial charge in [-0.25, -0.2) is 4.39 Å². The van der Waals surface area contributed by atoms with Crippen molar-refractivity contribution in [3.8, 4) is 5.75 Å². The van der Waals surface area contributed by atoms with Gasteiger partial charge in [0.05, 0.1) is 13.2 Å². The van der Waals surface area contributed by atoms with Crippen LogP contribution >= 0.6 is 0 Å². The highest BCUT2D eigenvalue weighted by atomic mass is 19.1. The summed E-state index contributed by atoms with van der Waals surface area (Å²) < 4.78 is 24.4. The highest BCUT2D eigenvalue weighted by molar-refractivity contribution is 5.84. The quantitative estimate of drug-likeness (QED) is 0.869. The fourth-order valence-corrected chi connectivity index (χ4v) is 3.39. The molecule has 0 aliphatic carbocycles. The minimum absolute atomic E-state index is 0.0486. The third-order valence-corrected chi connectivity index (χ3v) is 4.72. The lowest BCUT2D eigenvalue weighted by atomic mass is 10.1. The van der Waals surface area contributed by atoms with E-state index in [0.717, 1.165) is 25.7 Å². The van der Waals surface area contributed by atoms with Crippen molar-refractivity contribution in [2.75, 3.05) is 26.4 Å². The van der Waals surface area contributed by atoms with Crippen LogP contribution in [0.2, 0.25) is 0 Å². The molecule has 0 aromatic heterocycles. The minimum atomic E-state index is -0.342. The molecule has 3 rings (SSSR count). The molecule has 1 aromatic rings. The second-order valence-corrected chi connectivity index (χ2v) is 6.74. The van der Waals surface area contributed by atoms with Crippen LogP contribution in [0.3, 0.4) is 0 Å². The molecular formula is C19H25FN2O4. The van der Waals surface area contributed by atoms with E-state index in [1.807, 2.05) is 0 Å². The Hall–Kier alpha value is -2.15. The Morgan fingerprint density at radius 3 is 2.96 bits per heavy atom. The first-order chi connectivity index (χ1) is 12.6. The maximum absolute atomic E-state index is 13.7. The normalized spacial score (nSPS) is 17.7. The SMILES string of the molecule is O=C(CN1CCCCCCC1=O)NCCc1cc(F)cc2c1OCOC2. The summed E-state index contributed by atoms with van der Waals surface area (Å²) in [4.78, 5) is 25.9. The fourth-order valence-electron chi connectivity index (χ4n) is 3.39. The molecule has 0 unspecified atom stereocenters. The number of carbonyl (C=O) groups is 2. The van der Waals surface area contributed by atoms with E-state index in [1.54, 1.807) is 4.90 Å². The number of carbonyl (C=O) groups excluding carboxylic acids is 2. The van der Waals surface area contributed by atoms with Crippen LogP contribution < -0.4 is 10.1 Å². The molecule has 1 fully saturated rings. The molecule has 0 saturated carbocycles. The number of ether oxygens (including phenoxy) is 2. The molecule has 7 heteroatoms. The number of hydrogen-bond acceptors (Lipinski definition) is 4. The van der Waals surface area contributed by atoms with Crippen LogP contribution in [-0.2, 0) is 27.4 Å². The summed E-state index contributed by atoms with van der Waals surface area (Å²) in [6, 6.07) is 2.84. The van der Waals surface area contributed by atoms with Crippen molar-refractivity contribution >= 4 is 11.8 Å². The summed E-state index contributed by atoms with van der Waals surface area (Å²) in [6.07, 6.45) is 4.98. The van der Waals surface area contributed by atoms with Crippen molar-refractivity contribution in [1.29, 1.82) is 0 Å². The van der Waals surface area contributed by atoms with Gasteiger partial charge < -0.3 is 19.7 Å². The number of nitrogens with one attached hydrogen (secondary N) is 1. The average Bonchev–Trinajstić information content (AvgIpc) is 2.61. The molecule has 142 valence electrons. The van der Waals surface area contributed by atoms with Gasteiger partial charge in [0.1, 0.15) is 11.6 Å². The zero-order valence-electron chi connectivity index (χ0n) is 14.9. The second-order valence-electron chi connectivity index (χ2n) is 6.74. The highest BCUT2D eigenvalue weighted by Gasteiger charge is 2.19. The van der Waals surface area contributed by atoms with Gasteiger partial charge in [0, 0.05) is 25.1 Å². The van der Waals surface area contributed by atoms with Crippen molar-refractivity contribution in [3.05, 3.63) is 29.1 Å². The Kier molecular flexibility index (Phi) is 6.44. The molecule has 2 aliphatic heterocycles. The predicted octanol–water partition coefficient (Wildman–Crippen LogP) is 2.14. The van der Waals surface area contributed by atoms with Gasteiger partial charge in [-0.2, -0.15) is 0 Å². The van der Waals surface area contributed by atoms with Crippen molar-refractivity contribution in [1.82, 2.24) is 10.2 Å². The molecule has 0 spiro atoms. The maximum Gasteiger partial charge on any atom is 0.239 e. The summed E-state index contributed by atoms with van der Waals surface area (Å²) in [5.41, 5.74) is 1.40. The average molecular weight is 364 g/mol. The van der Waals surface area contributed by atoms with Crippen LogP contribution in [0.25, 0.3) is 0 Å². The summed E-state index contributed by atoms with van der Waals surface area (Å²) in [7, 11) is 0. The number of halogens is 1. The van der Waals surface area contributed by atoms with E-state index in [1.165, 1.54) is 12.1 Å². The predicted molar refractivity (Wildman–Crippen MR) is 93.1 cm³/mol. The number of fused-ring (bicyclic) bond motifs is 1. The fraction of sp³-hybridized carbons (Fsp3) is 0.579. The van der Waals surface area contributed by atoms with Crippen LogP contribution in [0.1, 0.15) is 43.2 Å². The number of likely N-dealkylation sites (tertiary alicyclic amines) is 1. The third-order valence-electron chi connectivity index (χ3n) is 4.72. The first-order valence-electron chi connectivity index (χ1n) is 9.20. The van der Waals surface area contributed by atoms with Gasteiger partial charge >= 0.3 is 0 Å². The lowest BCUT2D eigenvalue weighted by Crippen LogP contribution is -2.42. The van der Waals surface area contributed by atoms with Crippen LogP contribution in [0.4, 0.5) is 4.39 Å². The summed E-state index contributed by atoms with van der Waals surface area (Å²) in [6.45, 7) is 1.56. The molecule has 2 heterocycles. The third kappa shape index (κ3) is 4.94. The summed E-state index contributed by atoms with van der Waals surface area (Å²) in [5, 5.41) is 2.82.